The van der Waals surface area contributed by atoms with Crippen LogP contribution >= 0.6 is 0 Å². The molecule has 0 atom stereocenters. The van der Waals surface area contributed by atoms with Crippen LogP contribution in [0.5, 0.6) is 0 Å². The molecule has 3 heteroatoms. The Hall–Kier alpha value is -0.833. The van der Waals surface area contributed by atoms with Gasteiger partial charge in [-0.15, -0.1) is 0 Å². The molecule has 0 spiro atoms. The van der Waals surface area contributed by atoms with Crippen molar-refractivity contribution < 1.29 is 4.42 Å². The van der Waals surface area contributed by atoms with E-state index in [4.69, 9.17) is 4.42 Å². The van der Waals surface area contributed by atoms with Gasteiger partial charge < -0.3 is 4.42 Å². The van der Waals surface area contributed by atoms with Crippen molar-refractivity contribution in [1.82, 2.24) is 0 Å². The standard InChI is InChI=1S/C11H19NOSi/c1-9(2)12-8-10-6-7-13-11(10)14(3,4)5/h6-9H,1-5H3. The minimum absolute atomic E-state index is 0.347. The van der Waals surface area contributed by atoms with Crippen molar-refractivity contribution in [2.75, 3.05) is 0 Å². The minimum Gasteiger partial charge on any atom is -0.474 e. The Morgan fingerprint density at radius 3 is 2.50 bits per heavy atom. The number of nitrogens with zero attached hydrogens (tertiary/aromatic N) is 1. The summed E-state index contributed by atoms with van der Waals surface area (Å²) in [6.45, 7) is 11.0. The lowest BCUT2D eigenvalue weighted by Gasteiger charge is -2.13. The summed E-state index contributed by atoms with van der Waals surface area (Å²) in [5.41, 5.74) is 1.15. The van der Waals surface area contributed by atoms with E-state index in [2.05, 4.69) is 38.5 Å². The zero-order valence-electron chi connectivity index (χ0n) is 9.66. The Morgan fingerprint density at radius 2 is 2.00 bits per heavy atom. The van der Waals surface area contributed by atoms with E-state index in [0.29, 0.717) is 6.04 Å². The van der Waals surface area contributed by atoms with E-state index in [1.807, 2.05) is 12.3 Å². The molecule has 0 amide bonds. The Kier molecular flexibility index (Phi) is 3.32. The first kappa shape index (κ1) is 11.2. The molecule has 78 valence electrons. The predicted molar refractivity (Wildman–Crippen MR) is 64.4 cm³/mol. The van der Waals surface area contributed by atoms with Gasteiger partial charge in [0.05, 0.1) is 11.6 Å². The number of hydrogen-bond donors (Lipinski definition) is 0. The van der Waals surface area contributed by atoms with Gasteiger partial charge in [0.15, 0.2) is 0 Å². The van der Waals surface area contributed by atoms with Crippen LogP contribution in [0.4, 0.5) is 0 Å². The second-order valence-corrected chi connectivity index (χ2v) is 9.78. The summed E-state index contributed by atoms with van der Waals surface area (Å²) in [6, 6.07) is 2.35. The molecule has 0 N–H and O–H groups in total. The zero-order chi connectivity index (χ0) is 10.8. The third-order valence-corrected chi connectivity index (χ3v) is 3.66. The average molecular weight is 209 g/mol. The van der Waals surface area contributed by atoms with Gasteiger partial charge in [-0.25, -0.2) is 0 Å². The molecule has 0 bridgehead atoms. The van der Waals surface area contributed by atoms with Crippen molar-refractivity contribution in [2.45, 2.75) is 39.5 Å². The first-order valence-corrected chi connectivity index (χ1v) is 8.52. The highest BCUT2D eigenvalue weighted by molar-refractivity contribution is 6.88. The molecule has 0 radical (unpaired) electrons. The lowest BCUT2D eigenvalue weighted by atomic mass is 10.3. The molecular weight excluding hydrogens is 190 g/mol. The highest BCUT2D eigenvalue weighted by Crippen LogP contribution is 2.06. The molecule has 0 aromatic carbocycles. The maximum atomic E-state index is 5.53. The third kappa shape index (κ3) is 2.84. The van der Waals surface area contributed by atoms with Gasteiger partial charge in [0, 0.05) is 17.8 Å². The van der Waals surface area contributed by atoms with Gasteiger partial charge in [0.2, 0.25) is 0 Å². The molecule has 0 unspecified atom stereocenters. The van der Waals surface area contributed by atoms with Crippen LogP contribution < -0.4 is 5.38 Å². The second kappa shape index (κ2) is 4.13. The second-order valence-electron chi connectivity index (χ2n) is 4.83. The van der Waals surface area contributed by atoms with Gasteiger partial charge in [0.25, 0.3) is 0 Å². The summed E-state index contributed by atoms with van der Waals surface area (Å²) >= 11 is 0. The van der Waals surface area contributed by atoms with Crippen molar-refractivity contribution in [3.63, 3.8) is 0 Å². The van der Waals surface area contributed by atoms with Crippen molar-refractivity contribution in [1.29, 1.82) is 0 Å². The maximum Gasteiger partial charge on any atom is 0.124 e. The summed E-state index contributed by atoms with van der Waals surface area (Å²) in [7, 11) is -1.36. The molecule has 1 rings (SSSR count). The first-order valence-electron chi connectivity index (χ1n) is 5.02. The number of rotatable bonds is 3. The quantitative estimate of drug-likeness (QED) is 0.555. The molecule has 0 aliphatic rings. The Labute approximate surface area is 87.1 Å². The predicted octanol–water partition coefficient (Wildman–Crippen LogP) is 2.65. The molecule has 0 fully saturated rings. The largest absolute Gasteiger partial charge is 0.474 e. The molecule has 0 aliphatic heterocycles. The van der Waals surface area contributed by atoms with E-state index in [1.54, 1.807) is 6.26 Å². The molecule has 2 nitrogen and oxygen atoms in total. The fourth-order valence-corrected chi connectivity index (χ4v) is 2.70. The van der Waals surface area contributed by atoms with Crippen molar-refractivity contribution in [3.8, 4) is 0 Å². The van der Waals surface area contributed by atoms with Gasteiger partial charge in [0.1, 0.15) is 8.07 Å². The first-order chi connectivity index (χ1) is 6.41. The normalized spacial score (nSPS) is 13.0. The Bertz CT molecular complexity index is 320. The molecule has 1 heterocycles. The molecular formula is C11H19NOSi. The fourth-order valence-electron chi connectivity index (χ4n) is 1.26. The van der Waals surface area contributed by atoms with Crippen molar-refractivity contribution >= 4 is 19.7 Å². The summed E-state index contributed by atoms with van der Waals surface area (Å²) < 4.78 is 5.53. The van der Waals surface area contributed by atoms with E-state index >= 15 is 0 Å². The SMILES string of the molecule is CC(C)N=Cc1ccoc1[Si](C)(C)C. The van der Waals surface area contributed by atoms with Gasteiger partial charge in [-0.05, 0) is 19.9 Å². The molecule has 0 aliphatic carbocycles. The fraction of sp³-hybridized carbons (Fsp3) is 0.545. The van der Waals surface area contributed by atoms with Crippen LogP contribution in [0.25, 0.3) is 0 Å². The highest BCUT2D eigenvalue weighted by atomic mass is 28.3. The van der Waals surface area contributed by atoms with Crippen LogP contribution in [-0.4, -0.2) is 20.3 Å². The summed E-state index contributed by atoms with van der Waals surface area (Å²) in [5.74, 6) is 0. The molecule has 0 saturated heterocycles. The summed E-state index contributed by atoms with van der Waals surface area (Å²) in [6.07, 6.45) is 3.69. The van der Waals surface area contributed by atoms with E-state index in [-0.39, 0.29) is 0 Å². The average Bonchev–Trinajstić information content (AvgIpc) is 2.46. The van der Waals surface area contributed by atoms with Gasteiger partial charge >= 0.3 is 0 Å². The minimum atomic E-state index is -1.36. The lowest BCUT2D eigenvalue weighted by molar-refractivity contribution is 0.597. The summed E-state index contributed by atoms with van der Waals surface area (Å²) in [5, 5.41) is 1.14. The van der Waals surface area contributed by atoms with Crippen LogP contribution in [0.1, 0.15) is 19.4 Å². The molecule has 0 saturated carbocycles. The Balaban J connectivity index is 2.94. The van der Waals surface area contributed by atoms with Crippen molar-refractivity contribution in [3.05, 3.63) is 17.9 Å². The van der Waals surface area contributed by atoms with Gasteiger partial charge in [-0.3, -0.25) is 4.99 Å². The summed E-state index contributed by atoms with van der Waals surface area (Å²) in [4.78, 5) is 4.38. The van der Waals surface area contributed by atoms with Crippen LogP contribution in [0.2, 0.25) is 19.6 Å². The number of furan rings is 1. The monoisotopic (exact) mass is 209 g/mol. The van der Waals surface area contributed by atoms with E-state index < -0.39 is 8.07 Å². The highest BCUT2D eigenvalue weighted by Gasteiger charge is 2.23. The molecule has 1 aromatic rings. The van der Waals surface area contributed by atoms with E-state index in [0.717, 1.165) is 10.9 Å². The maximum absolute atomic E-state index is 5.53. The number of aliphatic imine (C=N–C) groups is 1. The molecule has 1 aromatic heterocycles. The van der Waals surface area contributed by atoms with Crippen LogP contribution in [0.3, 0.4) is 0 Å². The van der Waals surface area contributed by atoms with Crippen LogP contribution in [0.15, 0.2) is 21.7 Å². The Morgan fingerprint density at radius 1 is 1.36 bits per heavy atom. The van der Waals surface area contributed by atoms with Gasteiger partial charge in [-0.2, -0.15) is 0 Å². The van der Waals surface area contributed by atoms with E-state index in [9.17, 15) is 0 Å². The zero-order valence-corrected chi connectivity index (χ0v) is 10.7. The third-order valence-electron chi connectivity index (χ3n) is 1.89. The van der Waals surface area contributed by atoms with E-state index in [1.165, 1.54) is 0 Å². The lowest BCUT2D eigenvalue weighted by Crippen LogP contribution is -2.38. The smallest absolute Gasteiger partial charge is 0.124 e. The van der Waals surface area contributed by atoms with Crippen molar-refractivity contribution in [2.24, 2.45) is 4.99 Å². The van der Waals surface area contributed by atoms with Gasteiger partial charge in [-0.1, -0.05) is 19.6 Å². The van der Waals surface area contributed by atoms with Crippen LogP contribution in [-0.2, 0) is 0 Å². The topological polar surface area (TPSA) is 25.5 Å². The number of hydrogen-bond acceptors (Lipinski definition) is 2. The molecule has 14 heavy (non-hydrogen) atoms. The van der Waals surface area contributed by atoms with Crippen LogP contribution in [0, 0.1) is 0 Å².